The van der Waals surface area contributed by atoms with Gasteiger partial charge in [-0.15, -0.1) is 0 Å². The summed E-state index contributed by atoms with van der Waals surface area (Å²) < 4.78 is 16.0. The largest absolute Gasteiger partial charge is 0.493 e. The Hall–Kier alpha value is -1.62. The molecule has 5 heteroatoms. The van der Waals surface area contributed by atoms with Crippen molar-refractivity contribution in [2.75, 3.05) is 26.6 Å². The molecule has 1 aliphatic rings. The Bertz CT molecular complexity index is 426. The zero-order chi connectivity index (χ0) is 14.5. The zero-order valence-corrected chi connectivity index (χ0v) is 12.4. The van der Waals surface area contributed by atoms with E-state index in [-0.39, 0.29) is 6.04 Å². The molecule has 1 aliphatic carbocycles. The maximum absolute atomic E-state index is 6.17. The summed E-state index contributed by atoms with van der Waals surface area (Å²) in [5.41, 5.74) is 7.12. The molecule has 1 fully saturated rings. The van der Waals surface area contributed by atoms with Crippen LogP contribution < -0.4 is 25.3 Å². The van der Waals surface area contributed by atoms with Crippen LogP contribution >= 0.6 is 0 Å². The summed E-state index contributed by atoms with van der Waals surface area (Å²) in [4.78, 5) is 0. The van der Waals surface area contributed by atoms with E-state index in [2.05, 4.69) is 5.32 Å². The van der Waals surface area contributed by atoms with E-state index in [0.717, 1.165) is 18.5 Å². The van der Waals surface area contributed by atoms with Crippen molar-refractivity contribution in [3.05, 3.63) is 12.1 Å². The molecule has 5 nitrogen and oxygen atoms in total. The van der Waals surface area contributed by atoms with E-state index in [0.29, 0.717) is 23.3 Å². The summed E-state index contributed by atoms with van der Waals surface area (Å²) >= 11 is 0. The molecule has 0 aliphatic heterocycles. The summed E-state index contributed by atoms with van der Waals surface area (Å²) in [7, 11) is 4.84. The van der Waals surface area contributed by atoms with E-state index in [4.69, 9.17) is 19.9 Å². The van der Waals surface area contributed by atoms with Crippen molar-refractivity contribution in [2.24, 2.45) is 5.73 Å². The molecule has 2 atom stereocenters. The van der Waals surface area contributed by atoms with Gasteiger partial charge in [-0.2, -0.15) is 0 Å². The quantitative estimate of drug-likeness (QED) is 0.867. The van der Waals surface area contributed by atoms with Crippen LogP contribution in [0.4, 0.5) is 5.69 Å². The highest BCUT2D eigenvalue weighted by Gasteiger charge is 2.22. The van der Waals surface area contributed by atoms with Gasteiger partial charge in [-0.25, -0.2) is 0 Å². The van der Waals surface area contributed by atoms with Gasteiger partial charge in [-0.1, -0.05) is 12.8 Å². The maximum Gasteiger partial charge on any atom is 0.203 e. The van der Waals surface area contributed by atoms with Crippen LogP contribution in [-0.2, 0) is 0 Å². The SMILES string of the molecule is COc1cc(NC2CCCCC2N)cc(OC)c1OC. The van der Waals surface area contributed by atoms with Gasteiger partial charge in [0.25, 0.3) is 0 Å². The van der Waals surface area contributed by atoms with E-state index in [1.165, 1.54) is 12.8 Å². The first-order valence-electron chi connectivity index (χ1n) is 7.01. The average Bonchev–Trinajstić information content (AvgIpc) is 2.48. The second-order valence-electron chi connectivity index (χ2n) is 5.11. The summed E-state index contributed by atoms with van der Waals surface area (Å²) in [5.74, 6) is 1.91. The van der Waals surface area contributed by atoms with Gasteiger partial charge in [0.1, 0.15) is 0 Å². The number of hydrogen-bond donors (Lipinski definition) is 2. The molecule has 1 saturated carbocycles. The fourth-order valence-corrected chi connectivity index (χ4v) is 2.72. The van der Waals surface area contributed by atoms with E-state index in [1.807, 2.05) is 12.1 Å². The van der Waals surface area contributed by atoms with Crippen LogP contribution in [0.2, 0.25) is 0 Å². The number of nitrogens with one attached hydrogen (secondary N) is 1. The Labute approximate surface area is 120 Å². The van der Waals surface area contributed by atoms with Crippen molar-refractivity contribution in [3.63, 3.8) is 0 Å². The molecule has 112 valence electrons. The van der Waals surface area contributed by atoms with Crippen LogP contribution in [0.15, 0.2) is 12.1 Å². The fraction of sp³-hybridized carbons (Fsp3) is 0.600. The van der Waals surface area contributed by atoms with E-state index >= 15 is 0 Å². The number of nitrogens with two attached hydrogens (primary N) is 1. The van der Waals surface area contributed by atoms with Crippen molar-refractivity contribution in [2.45, 2.75) is 37.8 Å². The highest BCUT2D eigenvalue weighted by atomic mass is 16.5. The lowest BCUT2D eigenvalue weighted by atomic mass is 9.91. The maximum atomic E-state index is 6.17. The standard InChI is InChI=1S/C15H24N2O3/c1-18-13-8-10(9-14(19-2)15(13)20-3)17-12-7-5-4-6-11(12)16/h8-9,11-12,17H,4-7,16H2,1-3H3. The van der Waals surface area contributed by atoms with E-state index in [1.54, 1.807) is 21.3 Å². The van der Waals surface area contributed by atoms with Gasteiger partial charge in [0.2, 0.25) is 5.75 Å². The highest BCUT2D eigenvalue weighted by molar-refractivity contribution is 5.62. The lowest BCUT2D eigenvalue weighted by Crippen LogP contribution is -2.42. The van der Waals surface area contributed by atoms with Crippen molar-refractivity contribution in [1.29, 1.82) is 0 Å². The number of hydrogen-bond acceptors (Lipinski definition) is 5. The highest BCUT2D eigenvalue weighted by Crippen LogP contribution is 2.40. The first-order chi connectivity index (χ1) is 9.69. The molecule has 2 rings (SSSR count). The molecule has 0 saturated heterocycles. The Morgan fingerprint density at radius 2 is 1.60 bits per heavy atom. The second kappa shape index (κ2) is 6.70. The van der Waals surface area contributed by atoms with Gasteiger partial charge in [-0.3, -0.25) is 0 Å². The van der Waals surface area contributed by atoms with Crippen LogP contribution in [0.25, 0.3) is 0 Å². The molecule has 0 spiro atoms. The van der Waals surface area contributed by atoms with Crippen LogP contribution in [0.1, 0.15) is 25.7 Å². The Morgan fingerprint density at radius 1 is 1.00 bits per heavy atom. The minimum absolute atomic E-state index is 0.197. The third-order valence-corrected chi connectivity index (χ3v) is 3.84. The van der Waals surface area contributed by atoms with Crippen LogP contribution in [0, 0.1) is 0 Å². The van der Waals surface area contributed by atoms with Gasteiger partial charge in [-0.05, 0) is 12.8 Å². The Kier molecular flexibility index (Phi) is 4.95. The van der Waals surface area contributed by atoms with Gasteiger partial charge in [0.15, 0.2) is 11.5 Å². The minimum Gasteiger partial charge on any atom is -0.493 e. The molecule has 20 heavy (non-hydrogen) atoms. The second-order valence-corrected chi connectivity index (χ2v) is 5.11. The van der Waals surface area contributed by atoms with E-state index < -0.39 is 0 Å². The monoisotopic (exact) mass is 280 g/mol. The minimum atomic E-state index is 0.197. The van der Waals surface area contributed by atoms with Gasteiger partial charge in [0.05, 0.1) is 21.3 Å². The number of anilines is 1. The molecule has 1 aromatic carbocycles. The molecule has 0 amide bonds. The normalized spacial score (nSPS) is 22.2. The van der Waals surface area contributed by atoms with Crippen molar-refractivity contribution >= 4 is 5.69 Å². The van der Waals surface area contributed by atoms with E-state index in [9.17, 15) is 0 Å². The molecule has 1 aromatic rings. The lowest BCUT2D eigenvalue weighted by molar-refractivity contribution is 0.324. The van der Waals surface area contributed by atoms with Crippen molar-refractivity contribution < 1.29 is 14.2 Å². The molecular formula is C15H24N2O3. The van der Waals surface area contributed by atoms with Crippen molar-refractivity contribution in [3.8, 4) is 17.2 Å². The zero-order valence-electron chi connectivity index (χ0n) is 12.4. The molecular weight excluding hydrogens is 256 g/mol. The Balaban J connectivity index is 2.23. The molecule has 2 unspecified atom stereocenters. The molecule has 0 radical (unpaired) electrons. The third kappa shape index (κ3) is 3.10. The van der Waals surface area contributed by atoms with Crippen LogP contribution in [-0.4, -0.2) is 33.4 Å². The third-order valence-electron chi connectivity index (χ3n) is 3.84. The number of methoxy groups -OCH3 is 3. The van der Waals surface area contributed by atoms with Gasteiger partial charge >= 0.3 is 0 Å². The van der Waals surface area contributed by atoms with Gasteiger partial charge in [0, 0.05) is 29.9 Å². The summed E-state index contributed by atoms with van der Waals surface area (Å²) in [6, 6.07) is 4.33. The molecule has 0 heterocycles. The number of rotatable bonds is 5. The lowest BCUT2D eigenvalue weighted by Gasteiger charge is -2.30. The van der Waals surface area contributed by atoms with Crippen molar-refractivity contribution in [1.82, 2.24) is 0 Å². The predicted octanol–water partition coefficient (Wildman–Crippen LogP) is 2.39. The smallest absolute Gasteiger partial charge is 0.203 e. The molecule has 0 aromatic heterocycles. The molecule has 0 bridgehead atoms. The summed E-state index contributed by atoms with van der Waals surface area (Å²) in [6.07, 6.45) is 4.60. The first-order valence-corrected chi connectivity index (χ1v) is 7.01. The van der Waals surface area contributed by atoms with Gasteiger partial charge < -0.3 is 25.3 Å². The average molecular weight is 280 g/mol. The fourth-order valence-electron chi connectivity index (χ4n) is 2.72. The number of ether oxygens (including phenoxy) is 3. The number of benzene rings is 1. The summed E-state index contributed by atoms with van der Waals surface area (Å²) in [5, 5.41) is 3.49. The Morgan fingerprint density at radius 3 is 2.10 bits per heavy atom. The topological polar surface area (TPSA) is 65.7 Å². The predicted molar refractivity (Wildman–Crippen MR) is 80.0 cm³/mol. The summed E-state index contributed by atoms with van der Waals surface area (Å²) in [6.45, 7) is 0. The first kappa shape index (κ1) is 14.8. The van der Waals surface area contributed by atoms with Crippen LogP contribution in [0.5, 0.6) is 17.2 Å². The molecule has 3 N–H and O–H groups in total. The van der Waals surface area contributed by atoms with Crippen LogP contribution in [0.3, 0.4) is 0 Å².